The number of hydrogen-bond donors (Lipinski definition) is 0. The molecule has 0 saturated carbocycles. The van der Waals surface area contributed by atoms with Crippen LogP contribution in [-0.4, -0.2) is 0 Å². The highest BCUT2D eigenvalue weighted by atomic mass is 32.1. The number of rotatable bonds is 5. The molecule has 4 heteroatoms. The van der Waals surface area contributed by atoms with Gasteiger partial charge in [-0.3, -0.25) is 0 Å². The summed E-state index contributed by atoms with van der Waals surface area (Å²) in [6.07, 6.45) is 0. The molecule has 0 radical (unpaired) electrons. The molecule has 3 aromatic heterocycles. The summed E-state index contributed by atoms with van der Waals surface area (Å²) in [5, 5.41) is 11.7. The van der Waals surface area contributed by atoms with Crippen LogP contribution in [0.5, 0.6) is 0 Å². The van der Waals surface area contributed by atoms with Gasteiger partial charge in [0, 0.05) is 53.5 Å². The van der Waals surface area contributed by atoms with E-state index in [1.165, 1.54) is 58.4 Å². The fourth-order valence-corrected chi connectivity index (χ4v) is 10.8. The Labute approximate surface area is 348 Å². The van der Waals surface area contributed by atoms with E-state index in [1.54, 1.807) is 0 Å². The number of benzene rings is 10. The van der Waals surface area contributed by atoms with E-state index in [9.17, 15) is 0 Å². The molecule has 0 N–H and O–H groups in total. The lowest BCUT2D eigenvalue weighted by Gasteiger charge is -2.26. The minimum Gasteiger partial charge on any atom is -0.456 e. The van der Waals surface area contributed by atoms with Crippen LogP contribution < -0.4 is 4.90 Å². The molecular formula is C56H33NO2S. The monoisotopic (exact) mass is 783 g/mol. The lowest BCUT2D eigenvalue weighted by Crippen LogP contribution is -2.10. The topological polar surface area (TPSA) is 29.5 Å². The van der Waals surface area contributed by atoms with Gasteiger partial charge in [0.25, 0.3) is 0 Å². The molecule has 0 bridgehead atoms. The Morgan fingerprint density at radius 1 is 0.367 bits per heavy atom. The molecule has 0 aliphatic rings. The van der Waals surface area contributed by atoms with E-state index < -0.39 is 0 Å². The third-order valence-electron chi connectivity index (χ3n) is 12.3. The molecule has 0 atom stereocenters. The summed E-state index contributed by atoms with van der Waals surface area (Å²) in [6, 6.07) is 71.9. The number of anilines is 3. The molecule has 0 saturated heterocycles. The lowest BCUT2D eigenvalue weighted by molar-refractivity contribution is 0.667. The molecule has 0 fully saturated rings. The van der Waals surface area contributed by atoms with Crippen molar-refractivity contribution in [2.24, 2.45) is 0 Å². The maximum atomic E-state index is 7.07. The van der Waals surface area contributed by atoms with Gasteiger partial charge in [-0.25, -0.2) is 0 Å². The number of fused-ring (bicyclic) bond motifs is 12. The molecule has 280 valence electrons. The third-order valence-corrected chi connectivity index (χ3v) is 13.5. The van der Waals surface area contributed by atoms with E-state index in [2.05, 4.69) is 193 Å². The average Bonchev–Trinajstić information content (AvgIpc) is 4.01. The number of hydrogen-bond acceptors (Lipinski definition) is 4. The maximum absolute atomic E-state index is 7.07. The zero-order valence-electron chi connectivity index (χ0n) is 32.2. The highest BCUT2D eigenvalue weighted by Crippen LogP contribution is 2.51. The van der Waals surface area contributed by atoms with E-state index >= 15 is 0 Å². The summed E-state index contributed by atoms with van der Waals surface area (Å²) < 4.78 is 16.2. The maximum Gasteiger partial charge on any atom is 0.160 e. The number of nitrogens with zero attached hydrogens (tertiary/aromatic N) is 1. The van der Waals surface area contributed by atoms with Crippen LogP contribution in [0.2, 0.25) is 0 Å². The van der Waals surface area contributed by atoms with Crippen LogP contribution in [0.15, 0.2) is 209 Å². The highest BCUT2D eigenvalue weighted by Gasteiger charge is 2.25. The van der Waals surface area contributed by atoms with Gasteiger partial charge in [-0.05, 0) is 92.3 Å². The molecular weight excluding hydrogens is 751 g/mol. The first-order valence-electron chi connectivity index (χ1n) is 20.3. The van der Waals surface area contributed by atoms with Crippen molar-refractivity contribution >= 4 is 114 Å². The molecule has 0 aliphatic heterocycles. The fraction of sp³-hybridized carbons (Fsp3) is 0. The first-order valence-corrected chi connectivity index (χ1v) is 21.1. The number of para-hydroxylation sites is 2. The predicted molar refractivity (Wildman–Crippen MR) is 254 cm³/mol. The van der Waals surface area contributed by atoms with Crippen molar-refractivity contribution in [1.29, 1.82) is 0 Å². The van der Waals surface area contributed by atoms with Crippen LogP contribution in [0.25, 0.3) is 108 Å². The summed E-state index contributed by atoms with van der Waals surface area (Å²) >= 11 is 1.87. The molecule has 3 heterocycles. The van der Waals surface area contributed by atoms with Crippen molar-refractivity contribution in [2.75, 3.05) is 4.90 Å². The van der Waals surface area contributed by atoms with E-state index in [-0.39, 0.29) is 0 Å². The van der Waals surface area contributed by atoms with Crippen LogP contribution >= 0.6 is 11.3 Å². The van der Waals surface area contributed by atoms with E-state index in [4.69, 9.17) is 8.83 Å². The van der Waals surface area contributed by atoms with Crippen molar-refractivity contribution in [3.8, 4) is 22.3 Å². The van der Waals surface area contributed by atoms with Gasteiger partial charge in [0.05, 0.1) is 11.4 Å². The normalized spacial score (nSPS) is 12.0. The van der Waals surface area contributed by atoms with Crippen LogP contribution in [-0.2, 0) is 0 Å². The number of thiophene rings is 1. The minimum atomic E-state index is 0.830. The summed E-state index contributed by atoms with van der Waals surface area (Å²) in [5.74, 6) is 0. The fourth-order valence-electron chi connectivity index (χ4n) is 9.52. The van der Waals surface area contributed by atoms with Crippen molar-refractivity contribution < 1.29 is 8.83 Å². The van der Waals surface area contributed by atoms with Crippen LogP contribution in [0.3, 0.4) is 0 Å². The smallest absolute Gasteiger partial charge is 0.160 e. The molecule has 0 aliphatic carbocycles. The van der Waals surface area contributed by atoms with Crippen molar-refractivity contribution in [3.63, 3.8) is 0 Å². The van der Waals surface area contributed by atoms with E-state index in [0.717, 1.165) is 66.5 Å². The van der Waals surface area contributed by atoms with Gasteiger partial charge in [0.1, 0.15) is 16.7 Å². The third kappa shape index (κ3) is 4.95. The SMILES string of the molecule is c1ccc(-c2ccc(-c3ccc(N(c4ccc5c(c4)oc4ccccc45)c4ccc5ccc6ccccc6c5c4)c4oc5ccccc5c34)c3c2sc2ccccc23)cc1. The minimum absolute atomic E-state index is 0.830. The zero-order valence-corrected chi connectivity index (χ0v) is 33.0. The second-order valence-corrected chi connectivity index (χ2v) is 16.6. The predicted octanol–water partition coefficient (Wildman–Crippen LogP) is 17.0. The van der Waals surface area contributed by atoms with Gasteiger partial charge in [0.2, 0.25) is 0 Å². The van der Waals surface area contributed by atoms with Crippen LogP contribution in [0.4, 0.5) is 17.1 Å². The Morgan fingerprint density at radius 2 is 0.967 bits per heavy atom. The van der Waals surface area contributed by atoms with Crippen molar-refractivity contribution in [2.45, 2.75) is 0 Å². The summed E-state index contributed by atoms with van der Waals surface area (Å²) in [6.45, 7) is 0. The first kappa shape index (κ1) is 33.3. The standard InChI is InChI=1S/C56H33NO2S/c1-2-12-34(13-3-1)40-28-29-44(54-46-18-8-11-21-52(46)60-56(40)54)43-30-31-48(55-53(43)45-17-7-10-20-50(45)59-55)57(38-26-27-42-41-16-6-9-19-49(41)58-51(42)33-38)37-25-24-36-23-22-35-14-4-5-15-39(35)47(36)32-37/h1-33H. The highest BCUT2D eigenvalue weighted by molar-refractivity contribution is 7.26. The molecule has 0 amide bonds. The van der Waals surface area contributed by atoms with E-state index in [0.29, 0.717) is 0 Å². The zero-order chi connectivity index (χ0) is 39.3. The molecule has 13 rings (SSSR count). The molecule has 60 heavy (non-hydrogen) atoms. The van der Waals surface area contributed by atoms with E-state index in [1.807, 2.05) is 23.5 Å². The molecule has 0 spiro atoms. The van der Waals surface area contributed by atoms with Gasteiger partial charge in [0.15, 0.2) is 5.58 Å². The van der Waals surface area contributed by atoms with Crippen molar-refractivity contribution in [3.05, 3.63) is 200 Å². The van der Waals surface area contributed by atoms with Gasteiger partial charge >= 0.3 is 0 Å². The second-order valence-electron chi connectivity index (χ2n) is 15.6. The van der Waals surface area contributed by atoms with Crippen molar-refractivity contribution in [1.82, 2.24) is 0 Å². The van der Waals surface area contributed by atoms with Crippen LogP contribution in [0, 0.1) is 0 Å². The quantitative estimate of drug-likeness (QED) is 0.163. The Balaban J connectivity index is 1.11. The molecule has 3 nitrogen and oxygen atoms in total. The first-order chi connectivity index (χ1) is 29.7. The molecule has 10 aromatic carbocycles. The van der Waals surface area contributed by atoms with Gasteiger partial charge in [-0.2, -0.15) is 0 Å². The largest absolute Gasteiger partial charge is 0.456 e. The lowest BCUT2D eigenvalue weighted by atomic mass is 9.92. The Morgan fingerprint density at radius 3 is 1.83 bits per heavy atom. The summed E-state index contributed by atoms with van der Waals surface area (Å²) in [4.78, 5) is 2.34. The van der Waals surface area contributed by atoms with Gasteiger partial charge in [-0.15, -0.1) is 11.3 Å². The van der Waals surface area contributed by atoms with Gasteiger partial charge in [-0.1, -0.05) is 146 Å². The average molecular weight is 784 g/mol. The summed E-state index contributed by atoms with van der Waals surface area (Å²) in [5.41, 5.74) is 11.2. The molecule has 13 aromatic rings. The Bertz CT molecular complexity index is 3850. The Kier molecular flexibility index (Phi) is 7.18. The summed E-state index contributed by atoms with van der Waals surface area (Å²) in [7, 11) is 0. The second kappa shape index (κ2) is 12.9. The number of furan rings is 2. The Hall–Kier alpha value is -7.66. The van der Waals surface area contributed by atoms with Crippen LogP contribution in [0.1, 0.15) is 0 Å². The van der Waals surface area contributed by atoms with Gasteiger partial charge < -0.3 is 13.7 Å². The molecule has 0 unspecified atom stereocenters.